The Morgan fingerprint density at radius 2 is 2.07 bits per heavy atom. The summed E-state index contributed by atoms with van der Waals surface area (Å²) >= 11 is 0. The van der Waals surface area contributed by atoms with Gasteiger partial charge in [0, 0.05) is 39.4 Å². The molecule has 1 amide bonds. The standard InChI is InChI=1S/C21H29FN6O2/c1-3-23-21(24-10-4-5-13-30-19-8-6-17(22)7-9-19)27-11-12-28(20(29)16-27)18-14-25-26(2)15-18/h6-9,14-15H,3-5,10-13,16H2,1-2H3,(H,23,24). The number of ether oxygens (including phenoxy) is 1. The van der Waals surface area contributed by atoms with Crippen LogP contribution >= 0.6 is 0 Å². The van der Waals surface area contributed by atoms with E-state index < -0.39 is 0 Å². The van der Waals surface area contributed by atoms with E-state index in [9.17, 15) is 9.18 Å². The zero-order valence-corrected chi connectivity index (χ0v) is 17.6. The predicted molar refractivity (Wildman–Crippen MR) is 114 cm³/mol. The van der Waals surface area contributed by atoms with Gasteiger partial charge in [-0.15, -0.1) is 0 Å². The van der Waals surface area contributed by atoms with Crippen LogP contribution in [0.1, 0.15) is 19.8 Å². The minimum atomic E-state index is -0.271. The number of hydrogen-bond acceptors (Lipinski definition) is 4. The molecule has 1 aromatic carbocycles. The van der Waals surface area contributed by atoms with Gasteiger partial charge in [-0.05, 0) is 44.0 Å². The number of carbonyl (C=O) groups is 1. The third kappa shape index (κ3) is 5.95. The Morgan fingerprint density at radius 1 is 1.27 bits per heavy atom. The van der Waals surface area contributed by atoms with Gasteiger partial charge in [-0.2, -0.15) is 5.10 Å². The van der Waals surface area contributed by atoms with E-state index in [0.717, 1.165) is 31.0 Å². The fraction of sp³-hybridized carbons (Fsp3) is 0.476. The lowest BCUT2D eigenvalue weighted by Crippen LogP contribution is -2.55. The molecule has 0 atom stereocenters. The smallest absolute Gasteiger partial charge is 0.246 e. The van der Waals surface area contributed by atoms with Gasteiger partial charge >= 0.3 is 0 Å². The van der Waals surface area contributed by atoms with Gasteiger partial charge in [0.1, 0.15) is 18.1 Å². The van der Waals surface area contributed by atoms with Crippen LogP contribution in [-0.4, -0.2) is 65.9 Å². The van der Waals surface area contributed by atoms with Crippen molar-refractivity contribution < 1.29 is 13.9 Å². The molecule has 0 radical (unpaired) electrons. The summed E-state index contributed by atoms with van der Waals surface area (Å²) in [5.74, 6) is 1.19. The third-order valence-corrected chi connectivity index (χ3v) is 4.75. The van der Waals surface area contributed by atoms with E-state index >= 15 is 0 Å². The molecule has 2 aromatic rings. The molecule has 1 fully saturated rings. The van der Waals surface area contributed by atoms with Crippen LogP contribution in [0.25, 0.3) is 0 Å². The summed E-state index contributed by atoms with van der Waals surface area (Å²) in [5, 5.41) is 7.42. The fourth-order valence-corrected chi connectivity index (χ4v) is 3.22. The number of piperazine rings is 1. The highest BCUT2D eigenvalue weighted by Gasteiger charge is 2.27. The summed E-state index contributed by atoms with van der Waals surface area (Å²) in [7, 11) is 1.84. The number of guanidine groups is 1. The molecule has 0 bridgehead atoms. The summed E-state index contributed by atoms with van der Waals surface area (Å²) in [4.78, 5) is 21.0. The first-order valence-electron chi connectivity index (χ1n) is 10.3. The number of anilines is 1. The summed E-state index contributed by atoms with van der Waals surface area (Å²) < 4.78 is 20.2. The van der Waals surface area contributed by atoms with Gasteiger partial charge in [-0.3, -0.25) is 14.5 Å². The van der Waals surface area contributed by atoms with Crippen molar-refractivity contribution in [3.05, 3.63) is 42.5 Å². The number of aromatic nitrogens is 2. The van der Waals surface area contributed by atoms with Crippen LogP contribution in [0.4, 0.5) is 10.1 Å². The van der Waals surface area contributed by atoms with Crippen molar-refractivity contribution in [3.8, 4) is 5.75 Å². The molecular formula is C21H29FN6O2. The maximum absolute atomic E-state index is 12.9. The molecule has 3 rings (SSSR count). The molecule has 30 heavy (non-hydrogen) atoms. The van der Waals surface area contributed by atoms with Gasteiger partial charge in [-0.1, -0.05) is 0 Å². The first-order chi connectivity index (χ1) is 14.6. The summed E-state index contributed by atoms with van der Waals surface area (Å²) in [6, 6.07) is 6.02. The topological polar surface area (TPSA) is 75.0 Å². The van der Waals surface area contributed by atoms with E-state index in [4.69, 9.17) is 4.74 Å². The molecule has 0 aliphatic carbocycles. The number of aryl methyl sites for hydroxylation is 1. The lowest BCUT2D eigenvalue weighted by molar-refractivity contribution is -0.120. The first kappa shape index (κ1) is 21.6. The first-order valence-corrected chi connectivity index (χ1v) is 10.3. The van der Waals surface area contributed by atoms with Crippen LogP contribution in [0, 0.1) is 5.82 Å². The lowest BCUT2D eigenvalue weighted by Gasteiger charge is -2.35. The summed E-state index contributed by atoms with van der Waals surface area (Å²) in [5.41, 5.74) is 0.824. The van der Waals surface area contributed by atoms with Crippen LogP contribution in [0.3, 0.4) is 0 Å². The molecule has 0 spiro atoms. The van der Waals surface area contributed by atoms with Crippen molar-refractivity contribution >= 4 is 17.6 Å². The largest absolute Gasteiger partial charge is 0.494 e. The molecule has 1 aliphatic heterocycles. The molecule has 2 heterocycles. The molecule has 1 aromatic heterocycles. The van der Waals surface area contributed by atoms with Crippen molar-refractivity contribution in [2.75, 3.05) is 44.2 Å². The van der Waals surface area contributed by atoms with E-state index in [0.29, 0.717) is 32.0 Å². The number of aliphatic imine (C=N–C) groups is 1. The van der Waals surface area contributed by atoms with E-state index in [2.05, 4.69) is 15.4 Å². The molecule has 1 aliphatic rings. The molecular weight excluding hydrogens is 387 g/mol. The van der Waals surface area contributed by atoms with Crippen molar-refractivity contribution in [1.29, 1.82) is 0 Å². The minimum absolute atomic E-state index is 0.0348. The fourth-order valence-electron chi connectivity index (χ4n) is 3.22. The van der Waals surface area contributed by atoms with Crippen molar-refractivity contribution in [2.24, 2.45) is 12.0 Å². The maximum Gasteiger partial charge on any atom is 0.246 e. The van der Waals surface area contributed by atoms with Gasteiger partial charge < -0.3 is 19.9 Å². The van der Waals surface area contributed by atoms with Crippen LogP contribution in [0.5, 0.6) is 5.75 Å². The molecule has 1 saturated heterocycles. The van der Waals surface area contributed by atoms with Gasteiger partial charge in [0.25, 0.3) is 0 Å². The molecule has 162 valence electrons. The van der Waals surface area contributed by atoms with E-state index in [-0.39, 0.29) is 18.3 Å². The highest BCUT2D eigenvalue weighted by molar-refractivity contribution is 5.98. The highest BCUT2D eigenvalue weighted by atomic mass is 19.1. The van der Waals surface area contributed by atoms with Crippen LogP contribution in [0.2, 0.25) is 0 Å². The monoisotopic (exact) mass is 416 g/mol. The Morgan fingerprint density at radius 3 is 2.73 bits per heavy atom. The molecule has 0 saturated carbocycles. The number of carbonyl (C=O) groups excluding carboxylic acids is 1. The van der Waals surface area contributed by atoms with E-state index in [1.165, 1.54) is 12.1 Å². The van der Waals surface area contributed by atoms with Gasteiger partial charge in [-0.25, -0.2) is 4.39 Å². The van der Waals surface area contributed by atoms with Gasteiger partial charge in [0.15, 0.2) is 5.96 Å². The van der Waals surface area contributed by atoms with E-state index in [1.807, 2.05) is 25.1 Å². The van der Waals surface area contributed by atoms with Crippen LogP contribution < -0.4 is 15.0 Å². The van der Waals surface area contributed by atoms with Crippen molar-refractivity contribution in [1.82, 2.24) is 20.0 Å². The second-order valence-electron chi connectivity index (χ2n) is 7.08. The highest BCUT2D eigenvalue weighted by Crippen LogP contribution is 2.16. The van der Waals surface area contributed by atoms with Crippen molar-refractivity contribution in [3.63, 3.8) is 0 Å². The second kappa shape index (κ2) is 10.6. The lowest BCUT2D eigenvalue weighted by atomic mass is 10.3. The summed E-state index contributed by atoms with van der Waals surface area (Å²) in [6.45, 7) is 5.55. The zero-order valence-electron chi connectivity index (χ0n) is 17.6. The number of halogens is 1. The van der Waals surface area contributed by atoms with Gasteiger partial charge in [0.2, 0.25) is 5.91 Å². The number of unbranched alkanes of at least 4 members (excludes halogenated alkanes) is 1. The minimum Gasteiger partial charge on any atom is -0.494 e. The number of hydrogen-bond donors (Lipinski definition) is 1. The normalized spacial score (nSPS) is 14.9. The maximum atomic E-state index is 12.9. The van der Waals surface area contributed by atoms with Crippen molar-refractivity contribution in [2.45, 2.75) is 19.8 Å². The Balaban J connectivity index is 1.44. The molecule has 9 heteroatoms. The Kier molecular flexibility index (Phi) is 7.64. The molecule has 8 nitrogen and oxygen atoms in total. The average molecular weight is 417 g/mol. The van der Waals surface area contributed by atoms with Crippen LogP contribution in [0.15, 0.2) is 41.7 Å². The SMILES string of the molecule is CCNC(=NCCCCOc1ccc(F)cc1)N1CCN(c2cnn(C)c2)C(=O)C1. The molecule has 1 N–H and O–H groups in total. The Bertz CT molecular complexity index is 851. The third-order valence-electron chi connectivity index (χ3n) is 4.75. The summed E-state index contributed by atoms with van der Waals surface area (Å²) in [6.07, 6.45) is 5.26. The van der Waals surface area contributed by atoms with Gasteiger partial charge in [0.05, 0.1) is 18.5 Å². The number of nitrogens with zero attached hydrogens (tertiary/aromatic N) is 5. The number of rotatable bonds is 8. The predicted octanol–water partition coefficient (Wildman–Crippen LogP) is 2.03. The Hall–Kier alpha value is -3.10. The van der Waals surface area contributed by atoms with E-state index in [1.54, 1.807) is 27.9 Å². The zero-order chi connectivity index (χ0) is 21.3. The number of benzene rings is 1. The number of nitrogens with one attached hydrogen (secondary N) is 1. The molecule has 0 unspecified atom stereocenters. The Labute approximate surface area is 176 Å². The van der Waals surface area contributed by atoms with Crippen LogP contribution in [-0.2, 0) is 11.8 Å². The average Bonchev–Trinajstić information content (AvgIpc) is 3.17. The quantitative estimate of drug-likeness (QED) is 0.405. The number of amides is 1. The second-order valence-corrected chi connectivity index (χ2v) is 7.08.